The van der Waals surface area contributed by atoms with E-state index in [9.17, 15) is 4.79 Å². The van der Waals surface area contributed by atoms with Gasteiger partial charge in [-0.1, -0.05) is 0 Å². The number of piperidine rings is 1. The first-order chi connectivity index (χ1) is 11.3. The van der Waals surface area contributed by atoms with Gasteiger partial charge in [0.05, 0.1) is 7.11 Å². The van der Waals surface area contributed by atoms with Gasteiger partial charge >= 0.3 is 6.01 Å². The van der Waals surface area contributed by atoms with Gasteiger partial charge in [0.1, 0.15) is 11.9 Å². The highest BCUT2D eigenvalue weighted by Crippen LogP contribution is 2.19. The molecule has 1 aliphatic rings. The maximum absolute atomic E-state index is 12.5. The summed E-state index contributed by atoms with van der Waals surface area (Å²) >= 11 is 0. The third-order valence-electron chi connectivity index (χ3n) is 3.88. The predicted molar refractivity (Wildman–Crippen MR) is 84.6 cm³/mol. The number of aromatic nitrogens is 2. The van der Waals surface area contributed by atoms with Crippen LogP contribution >= 0.6 is 0 Å². The van der Waals surface area contributed by atoms with Gasteiger partial charge in [-0.2, -0.15) is 0 Å². The Hall–Kier alpha value is -2.63. The molecule has 23 heavy (non-hydrogen) atoms. The number of benzene rings is 1. The SMILES string of the molecule is COc1ccc(C(=O)N2CCC(Oc3ncccn3)CC2)cc1. The average molecular weight is 313 g/mol. The van der Waals surface area contributed by atoms with Crippen LogP contribution in [0.2, 0.25) is 0 Å². The molecular weight excluding hydrogens is 294 g/mol. The number of carbonyl (C=O) groups excluding carboxylic acids is 1. The summed E-state index contributed by atoms with van der Waals surface area (Å²) in [7, 11) is 1.61. The molecule has 3 rings (SSSR count). The summed E-state index contributed by atoms with van der Waals surface area (Å²) < 4.78 is 10.9. The molecule has 0 aliphatic carbocycles. The number of nitrogens with zero attached hydrogens (tertiary/aromatic N) is 3. The Balaban J connectivity index is 1.54. The largest absolute Gasteiger partial charge is 0.497 e. The topological polar surface area (TPSA) is 64.5 Å². The number of likely N-dealkylation sites (tertiary alicyclic amines) is 1. The summed E-state index contributed by atoms with van der Waals surface area (Å²) in [6, 6.07) is 9.34. The first-order valence-electron chi connectivity index (χ1n) is 7.63. The molecule has 0 N–H and O–H groups in total. The fraction of sp³-hybridized carbons (Fsp3) is 0.353. The molecule has 1 aromatic carbocycles. The van der Waals surface area contributed by atoms with Crippen molar-refractivity contribution in [2.75, 3.05) is 20.2 Å². The Morgan fingerprint density at radius 2 is 1.78 bits per heavy atom. The average Bonchev–Trinajstić information content (AvgIpc) is 2.63. The molecule has 1 aromatic heterocycles. The number of carbonyl (C=O) groups is 1. The molecule has 2 aromatic rings. The van der Waals surface area contributed by atoms with Crippen molar-refractivity contribution in [2.24, 2.45) is 0 Å². The van der Waals surface area contributed by atoms with Crippen LogP contribution in [-0.4, -0.2) is 47.1 Å². The van der Waals surface area contributed by atoms with Crippen LogP contribution in [0.5, 0.6) is 11.8 Å². The van der Waals surface area contributed by atoms with Crippen LogP contribution in [0, 0.1) is 0 Å². The highest BCUT2D eigenvalue weighted by Gasteiger charge is 2.25. The third-order valence-corrected chi connectivity index (χ3v) is 3.88. The Kier molecular flexibility index (Phi) is 4.71. The molecule has 6 heteroatoms. The van der Waals surface area contributed by atoms with Gasteiger partial charge in [-0.15, -0.1) is 0 Å². The molecule has 0 saturated carbocycles. The van der Waals surface area contributed by atoms with Crippen molar-refractivity contribution in [2.45, 2.75) is 18.9 Å². The quantitative estimate of drug-likeness (QED) is 0.865. The first-order valence-corrected chi connectivity index (χ1v) is 7.63. The van der Waals surface area contributed by atoms with E-state index in [1.165, 1.54) is 0 Å². The van der Waals surface area contributed by atoms with Crippen molar-refractivity contribution in [3.63, 3.8) is 0 Å². The van der Waals surface area contributed by atoms with E-state index in [1.807, 2.05) is 4.90 Å². The Morgan fingerprint density at radius 1 is 1.13 bits per heavy atom. The van der Waals surface area contributed by atoms with Crippen LogP contribution in [-0.2, 0) is 0 Å². The molecule has 1 amide bonds. The van der Waals surface area contributed by atoms with E-state index in [1.54, 1.807) is 49.8 Å². The number of hydrogen-bond donors (Lipinski definition) is 0. The lowest BCUT2D eigenvalue weighted by atomic mass is 10.1. The summed E-state index contributed by atoms with van der Waals surface area (Å²) in [5.74, 6) is 0.790. The van der Waals surface area contributed by atoms with Crippen LogP contribution in [0.25, 0.3) is 0 Å². The molecule has 1 fully saturated rings. The monoisotopic (exact) mass is 313 g/mol. The summed E-state index contributed by atoms with van der Waals surface area (Å²) in [4.78, 5) is 22.5. The fourth-order valence-corrected chi connectivity index (χ4v) is 2.59. The number of amides is 1. The third kappa shape index (κ3) is 3.77. The van der Waals surface area contributed by atoms with E-state index in [2.05, 4.69) is 9.97 Å². The van der Waals surface area contributed by atoms with Crippen molar-refractivity contribution < 1.29 is 14.3 Å². The molecule has 0 spiro atoms. The molecule has 120 valence electrons. The maximum atomic E-state index is 12.5. The lowest BCUT2D eigenvalue weighted by Gasteiger charge is -2.31. The van der Waals surface area contributed by atoms with Crippen LogP contribution in [0.1, 0.15) is 23.2 Å². The number of methoxy groups -OCH3 is 1. The maximum Gasteiger partial charge on any atom is 0.316 e. The smallest absolute Gasteiger partial charge is 0.316 e. The van der Waals surface area contributed by atoms with Gasteiger partial charge in [-0.25, -0.2) is 9.97 Å². The second-order valence-corrected chi connectivity index (χ2v) is 5.37. The molecule has 2 heterocycles. The highest BCUT2D eigenvalue weighted by atomic mass is 16.5. The Morgan fingerprint density at radius 3 is 2.39 bits per heavy atom. The summed E-state index contributed by atoms with van der Waals surface area (Å²) in [5, 5.41) is 0. The van der Waals surface area contributed by atoms with E-state index in [0.717, 1.165) is 18.6 Å². The minimum absolute atomic E-state index is 0.0436. The van der Waals surface area contributed by atoms with E-state index >= 15 is 0 Å². The van der Waals surface area contributed by atoms with E-state index in [4.69, 9.17) is 9.47 Å². The van der Waals surface area contributed by atoms with Gasteiger partial charge in [0.15, 0.2) is 0 Å². The molecule has 0 atom stereocenters. The zero-order valence-electron chi connectivity index (χ0n) is 13.0. The van der Waals surface area contributed by atoms with Crippen molar-refractivity contribution >= 4 is 5.91 Å². The first kappa shape index (κ1) is 15.3. The molecule has 1 saturated heterocycles. The highest BCUT2D eigenvalue weighted by molar-refractivity contribution is 5.94. The van der Waals surface area contributed by atoms with E-state index in [0.29, 0.717) is 24.7 Å². The Bertz CT molecular complexity index is 638. The molecule has 6 nitrogen and oxygen atoms in total. The summed E-state index contributed by atoms with van der Waals surface area (Å²) in [6.45, 7) is 1.34. The van der Waals surface area contributed by atoms with Gasteiger partial charge in [0.2, 0.25) is 0 Å². The zero-order chi connectivity index (χ0) is 16.1. The zero-order valence-corrected chi connectivity index (χ0v) is 13.0. The molecule has 0 bridgehead atoms. The van der Waals surface area contributed by atoms with E-state index < -0.39 is 0 Å². The van der Waals surface area contributed by atoms with E-state index in [-0.39, 0.29) is 12.0 Å². The van der Waals surface area contributed by atoms with Crippen molar-refractivity contribution in [1.29, 1.82) is 0 Å². The standard InChI is InChI=1S/C17H19N3O3/c1-22-14-5-3-13(4-6-14)16(21)20-11-7-15(8-12-20)23-17-18-9-2-10-19-17/h2-6,9-10,15H,7-8,11-12H2,1H3. The second-order valence-electron chi connectivity index (χ2n) is 5.37. The number of rotatable bonds is 4. The van der Waals surface area contributed by atoms with Gasteiger partial charge in [0, 0.05) is 43.9 Å². The second kappa shape index (κ2) is 7.09. The number of hydrogen-bond acceptors (Lipinski definition) is 5. The van der Waals surface area contributed by atoms with Gasteiger partial charge in [0.25, 0.3) is 5.91 Å². The van der Waals surface area contributed by atoms with Gasteiger partial charge in [-0.05, 0) is 30.3 Å². The molecule has 0 radical (unpaired) electrons. The Labute approximate surface area is 135 Å². The van der Waals surface area contributed by atoms with Crippen LogP contribution in [0.4, 0.5) is 0 Å². The van der Waals surface area contributed by atoms with Crippen molar-refractivity contribution in [3.05, 3.63) is 48.3 Å². The lowest BCUT2D eigenvalue weighted by molar-refractivity contribution is 0.0578. The molecule has 0 unspecified atom stereocenters. The van der Waals surface area contributed by atoms with Crippen LogP contribution in [0.3, 0.4) is 0 Å². The van der Waals surface area contributed by atoms with Gasteiger partial charge < -0.3 is 14.4 Å². The fourth-order valence-electron chi connectivity index (χ4n) is 2.59. The van der Waals surface area contributed by atoms with Crippen LogP contribution in [0.15, 0.2) is 42.7 Å². The van der Waals surface area contributed by atoms with Crippen molar-refractivity contribution in [1.82, 2.24) is 14.9 Å². The molecular formula is C17H19N3O3. The lowest BCUT2D eigenvalue weighted by Crippen LogP contribution is -2.41. The van der Waals surface area contributed by atoms with Crippen molar-refractivity contribution in [3.8, 4) is 11.8 Å². The summed E-state index contributed by atoms with van der Waals surface area (Å²) in [6.07, 6.45) is 4.92. The minimum atomic E-state index is 0.0436. The molecule has 1 aliphatic heterocycles. The number of ether oxygens (including phenoxy) is 2. The normalized spacial score (nSPS) is 15.3. The predicted octanol–water partition coefficient (Wildman–Crippen LogP) is 2.17. The summed E-state index contributed by atoms with van der Waals surface area (Å²) in [5.41, 5.74) is 0.677. The minimum Gasteiger partial charge on any atom is -0.497 e. The van der Waals surface area contributed by atoms with Gasteiger partial charge in [-0.3, -0.25) is 4.79 Å². The van der Waals surface area contributed by atoms with Crippen LogP contribution < -0.4 is 9.47 Å².